The molecule has 1 aliphatic rings. The lowest BCUT2D eigenvalue weighted by molar-refractivity contribution is -0.123. The van der Waals surface area contributed by atoms with Gasteiger partial charge in [0, 0.05) is 18.8 Å². The fourth-order valence-corrected chi connectivity index (χ4v) is 2.79. The third-order valence-electron chi connectivity index (χ3n) is 4.00. The fraction of sp³-hybridized carbons (Fsp3) is 0.571. The number of rotatable bonds is 2. The SMILES string of the molecule is CC(C)(C)OC(=O)N1CCN(C(=O)OC(C)(C)C)[C@@H](C(=O)Nc2ccccc2)C1. The van der Waals surface area contributed by atoms with Crippen molar-refractivity contribution >= 4 is 23.8 Å². The Labute approximate surface area is 172 Å². The first kappa shape index (κ1) is 22.5. The van der Waals surface area contributed by atoms with E-state index in [0.717, 1.165) is 0 Å². The van der Waals surface area contributed by atoms with Crippen molar-refractivity contribution in [3.8, 4) is 0 Å². The molecule has 2 rings (SSSR count). The smallest absolute Gasteiger partial charge is 0.411 e. The molecule has 8 heteroatoms. The zero-order valence-electron chi connectivity index (χ0n) is 18.0. The van der Waals surface area contributed by atoms with Crippen LogP contribution in [0, 0.1) is 0 Å². The molecule has 0 unspecified atom stereocenters. The number of benzene rings is 1. The van der Waals surface area contributed by atoms with Gasteiger partial charge in [-0.2, -0.15) is 0 Å². The summed E-state index contributed by atoms with van der Waals surface area (Å²) < 4.78 is 10.9. The first-order chi connectivity index (χ1) is 13.4. The topological polar surface area (TPSA) is 88.2 Å². The largest absolute Gasteiger partial charge is 0.444 e. The fourth-order valence-electron chi connectivity index (χ4n) is 2.79. The Morgan fingerprint density at radius 1 is 0.897 bits per heavy atom. The number of ether oxygens (including phenoxy) is 2. The number of nitrogens with zero attached hydrogens (tertiary/aromatic N) is 2. The average Bonchev–Trinajstić information content (AvgIpc) is 2.59. The molecule has 3 amide bonds. The minimum atomic E-state index is -0.897. The maximum Gasteiger partial charge on any atom is 0.411 e. The molecule has 1 saturated heterocycles. The third-order valence-corrected chi connectivity index (χ3v) is 4.00. The molecule has 29 heavy (non-hydrogen) atoms. The Hall–Kier alpha value is -2.77. The molecular weight excluding hydrogens is 374 g/mol. The minimum absolute atomic E-state index is 0.0207. The number of hydrogen-bond acceptors (Lipinski definition) is 5. The van der Waals surface area contributed by atoms with Crippen molar-refractivity contribution in [3.05, 3.63) is 30.3 Å². The van der Waals surface area contributed by atoms with Gasteiger partial charge >= 0.3 is 12.2 Å². The van der Waals surface area contributed by atoms with Crippen LogP contribution in [-0.2, 0) is 14.3 Å². The van der Waals surface area contributed by atoms with Gasteiger partial charge in [-0.1, -0.05) is 18.2 Å². The number of para-hydroxylation sites is 1. The van der Waals surface area contributed by atoms with Gasteiger partial charge in [-0.3, -0.25) is 9.69 Å². The molecule has 1 fully saturated rings. The molecule has 0 saturated carbocycles. The quantitative estimate of drug-likeness (QED) is 0.814. The molecule has 1 aromatic carbocycles. The van der Waals surface area contributed by atoms with E-state index in [-0.39, 0.29) is 19.6 Å². The van der Waals surface area contributed by atoms with Gasteiger partial charge in [0.1, 0.15) is 17.2 Å². The highest BCUT2D eigenvalue weighted by molar-refractivity contribution is 5.97. The number of amides is 3. The second-order valence-electron chi connectivity index (χ2n) is 8.97. The van der Waals surface area contributed by atoms with E-state index in [4.69, 9.17) is 9.47 Å². The van der Waals surface area contributed by atoms with Crippen molar-refractivity contribution in [1.82, 2.24) is 9.80 Å². The number of nitrogens with one attached hydrogen (secondary N) is 1. The predicted molar refractivity (Wildman–Crippen MR) is 110 cm³/mol. The van der Waals surface area contributed by atoms with E-state index in [2.05, 4.69) is 5.32 Å². The maximum absolute atomic E-state index is 13.0. The lowest BCUT2D eigenvalue weighted by atomic mass is 10.1. The van der Waals surface area contributed by atoms with Gasteiger partial charge in [-0.25, -0.2) is 9.59 Å². The van der Waals surface area contributed by atoms with Crippen LogP contribution in [0.15, 0.2) is 30.3 Å². The summed E-state index contributed by atoms with van der Waals surface area (Å²) in [5.74, 6) is -0.393. The summed E-state index contributed by atoms with van der Waals surface area (Å²) in [6, 6.07) is 8.05. The normalized spacial score (nSPS) is 17.5. The van der Waals surface area contributed by atoms with E-state index in [9.17, 15) is 14.4 Å². The summed E-state index contributed by atoms with van der Waals surface area (Å²) in [6.45, 7) is 11.1. The summed E-state index contributed by atoms with van der Waals surface area (Å²) in [6.07, 6.45) is -1.10. The van der Waals surface area contributed by atoms with Crippen LogP contribution >= 0.6 is 0 Å². The molecule has 1 aromatic rings. The van der Waals surface area contributed by atoms with Crippen molar-refractivity contribution < 1.29 is 23.9 Å². The van der Waals surface area contributed by atoms with Gasteiger partial charge in [-0.05, 0) is 53.7 Å². The second kappa shape index (κ2) is 8.71. The van der Waals surface area contributed by atoms with Gasteiger partial charge in [-0.15, -0.1) is 0 Å². The lowest BCUT2D eigenvalue weighted by Crippen LogP contribution is -2.61. The summed E-state index contributed by atoms with van der Waals surface area (Å²) in [4.78, 5) is 40.9. The molecule has 0 bridgehead atoms. The van der Waals surface area contributed by atoms with E-state index in [1.165, 1.54) is 9.80 Å². The highest BCUT2D eigenvalue weighted by Crippen LogP contribution is 2.19. The number of hydrogen-bond donors (Lipinski definition) is 1. The standard InChI is InChI=1S/C21H31N3O5/c1-20(2,3)28-18(26)23-12-13-24(19(27)29-21(4,5)6)16(14-23)17(25)22-15-10-8-7-9-11-15/h7-11,16H,12-14H2,1-6H3,(H,22,25)/t16-/m1/s1. The second-order valence-corrected chi connectivity index (χ2v) is 8.97. The molecule has 1 N–H and O–H groups in total. The number of anilines is 1. The molecule has 1 atom stereocenters. The Bertz CT molecular complexity index is 737. The number of piperazine rings is 1. The van der Waals surface area contributed by atoms with Crippen LogP contribution in [0.3, 0.4) is 0 Å². The third kappa shape index (κ3) is 6.96. The molecule has 0 aromatic heterocycles. The van der Waals surface area contributed by atoms with Crippen molar-refractivity contribution in [2.75, 3.05) is 25.0 Å². The van der Waals surface area contributed by atoms with Crippen LogP contribution < -0.4 is 5.32 Å². The Morgan fingerprint density at radius 2 is 1.45 bits per heavy atom. The molecule has 1 heterocycles. The maximum atomic E-state index is 13.0. The zero-order valence-corrected chi connectivity index (χ0v) is 18.0. The van der Waals surface area contributed by atoms with E-state index in [1.54, 1.807) is 65.8 Å². The first-order valence-electron chi connectivity index (χ1n) is 9.69. The summed E-state index contributed by atoms with van der Waals surface area (Å²) in [7, 11) is 0. The molecule has 8 nitrogen and oxygen atoms in total. The van der Waals surface area contributed by atoms with Crippen LogP contribution in [0.5, 0.6) is 0 Å². The molecule has 0 aliphatic carbocycles. The van der Waals surface area contributed by atoms with E-state index in [1.807, 2.05) is 6.07 Å². The van der Waals surface area contributed by atoms with Crippen molar-refractivity contribution in [2.24, 2.45) is 0 Å². The van der Waals surface area contributed by atoms with Crippen LogP contribution in [-0.4, -0.2) is 64.8 Å². The monoisotopic (exact) mass is 405 g/mol. The Morgan fingerprint density at radius 3 is 2.00 bits per heavy atom. The van der Waals surface area contributed by atoms with Crippen LogP contribution in [0.4, 0.5) is 15.3 Å². The zero-order chi connectivity index (χ0) is 21.8. The Kier molecular flexibility index (Phi) is 6.77. The summed E-state index contributed by atoms with van der Waals surface area (Å²) >= 11 is 0. The molecular formula is C21H31N3O5. The van der Waals surface area contributed by atoms with Crippen LogP contribution in [0.1, 0.15) is 41.5 Å². The molecule has 0 spiro atoms. The van der Waals surface area contributed by atoms with Gasteiger partial charge in [0.2, 0.25) is 5.91 Å². The first-order valence-corrected chi connectivity index (χ1v) is 9.69. The highest BCUT2D eigenvalue weighted by atomic mass is 16.6. The van der Waals surface area contributed by atoms with E-state index >= 15 is 0 Å². The number of carbonyl (C=O) groups is 3. The molecule has 0 radical (unpaired) electrons. The van der Waals surface area contributed by atoms with Gasteiger partial charge in [0.05, 0.1) is 6.54 Å². The van der Waals surface area contributed by atoms with E-state index in [0.29, 0.717) is 5.69 Å². The minimum Gasteiger partial charge on any atom is -0.444 e. The number of carbonyl (C=O) groups excluding carboxylic acids is 3. The van der Waals surface area contributed by atoms with Crippen LogP contribution in [0.2, 0.25) is 0 Å². The molecule has 160 valence electrons. The van der Waals surface area contributed by atoms with Gasteiger partial charge in [0.15, 0.2) is 0 Å². The summed E-state index contributed by atoms with van der Waals surface area (Å²) in [5.41, 5.74) is -0.739. The highest BCUT2D eigenvalue weighted by Gasteiger charge is 2.40. The predicted octanol–water partition coefficient (Wildman–Crippen LogP) is 3.48. The van der Waals surface area contributed by atoms with Crippen molar-refractivity contribution in [1.29, 1.82) is 0 Å². The summed E-state index contributed by atoms with van der Waals surface area (Å²) in [5, 5.41) is 2.80. The Balaban J connectivity index is 2.19. The lowest BCUT2D eigenvalue weighted by Gasteiger charge is -2.40. The van der Waals surface area contributed by atoms with E-state index < -0.39 is 35.3 Å². The average molecular weight is 405 g/mol. The van der Waals surface area contributed by atoms with Crippen molar-refractivity contribution in [3.63, 3.8) is 0 Å². The van der Waals surface area contributed by atoms with Crippen molar-refractivity contribution in [2.45, 2.75) is 58.8 Å². The van der Waals surface area contributed by atoms with Crippen LogP contribution in [0.25, 0.3) is 0 Å². The molecule has 1 aliphatic heterocycles. The van der Waals surface area contributed by atoms with Gasteiger partial charge in [0.25, 0.3) is 0 Å². The van der Waals surface area contributed by atoms with Gasteiger partial charge < -0.3 is 19.7 Å².